The highest BCUT2D eigenvalue weighted by atomic mass is 16.3. The van der Waals surface area contributed by atoms with Crippen LogP contribution in [0.15, 0.2) is 184 Å². The number of hydrogen-bond acceptors (Lipinski definition) is 4. The monoisotopic (exact) mass is 642 g/mol. The molecule has 0 saturated carbocycles. The van der Waals surface area contributed by atoms with E-state index in [1.807, 2.05) is 36.4 Å². The minimum atomic E-state index is -0.300. The van der Waals surface area contributed by atoms with Crippen molar-refractivity contribution in [2.24, 2.45) is 9.98 Å². The maximum absolute atomic E-state index is 6.79. The molecular weight excluding hydrogens is 613 g/mol. The Bertz CT molecular complexity index is 2780. The lowest BCUT2D eigenvalue weighted by Gasteiger charge is -2.23. The molecule has 1 aliphatic heterocycles. The van der Waals surface area contributed by atoms with Crippen molar-refractivity contribution in [3.8, 4) is 16.8 Å². The van der Waals surface area contributed by atoms with Crippen LogP contribution in [0, 0.1) is 0 Å². The van der Waals surface area contributed by atoms with Gasteiger partial charge in [-0.15, -0.1) is 0 Å². The smallest absolute Gasteiger partial charge is 0.163 e. The molecule has 1 aliphatic rings. The number of amidine groups is 2. The molecule has 1 unspecified atom stereocenters. The zero-order valence-corrected chi connectivity index (χ0v) is 27.0. The van der Waals surface area contributed by atoms with Crippen LogP contribution in [0.25, 0.3) is 60.6 Å². The minimum Gasteiger partial charge on any atom is -0.455 e. The molecule has 0 saturated heterocycles. The molecule has 3 heterocycles. The maximum Gasteiger partial charge on any atom is 0.163 e. The van der Waals surface area contributed by atoms with Gasteiger partial charge in [0.1, 0.15) is 23.2 Å². The molecule has 0 bridgehead atoms. The molecule has 0 radical (unpaired) electrons. The lowest BCUT2D eigenvalue weighted by Crippen LogP contribution is -2.33. The van der Waals surface area contributed by atoms with Crippen molar-refractivity contribution in [3.63, 3.8) is 0 Å². The summed E-state index contributed by atoms with van der Waals surface area (Å²) in [6.07, 6.45) is -0.300. The van der Waals surface area contributed by atoms with Gasteiger partial charge in [-0.05, 0) is 47.0 Å². The van der Waals surface area contributed by atoms with Gasteiger partial charge in [0.05, 0.1) is 27.7 Å². The molecule has 236 valence electrons. The van der Waals surface area contributed by atoms with Gasteiger partial charge in [-0.2, -0.15) is 0 Å². The van der Waals surface area contributed by atoms with Gasteiger partial charge in [-0.3, -0.25) is 0 Å². The lowest BCUT2D eigenvalue weighted by atomic mass is 10.0. The molecule has 5 heteroatoms. The van der Waals surface area contributed by atoms with E-state index in [1.165, 1.54) is 21.9 Å². The van der Waals surface area contributed by atoms with E-state index in [-0.39, 0.29) is 6.17 Å². The topological polar surface area (TPSA) is 54.8 Å². The molecule has 1 atom stereocenters. The fourth-order valence-electron chi connectivity index (χ4n) is 7.35. The van der Waals surface area contributed by atoms with E-state index < -0.39 is 0 Å². The number of aromatic nitrogens is 1. The Kier molecular flexibility index (Phi) is 6.49. The highest BCUT2D eigenvalue weighted by Crippen LogP contribution is 2.40. The Morgan fingerprint density at radius 2 is 1.22 bits per heavy atom. The predicted octanol–water partition coefficient (Wildman–Crippen LogP) is 10.8. The van der Waals surface area contributed by atoms with Crippen molar-refractivity contribution >= 4 is 55.4 Å². The summed E-state index contributed by atoms with van der Waals surface area (Å²) in [5, 5.41) is 8.07. The Labute approximate surface area is 288 Å². The SMILES string of the molecule is c1ccc(C2=NC(c3cccc4c3oc3cccc(-n5c6ccccc6c6ccc(-c7ccccc7)cc65)c34)=NC(c3ccccc3)N2)cc1. The van der Waals surface area contributed by atoms with Crippen LogP contribution in [-0.4, -0.2) is 16.2 Å². The summed E-state index contributed by atoms with van der Waals surface area (Å²) in [4.78, 5) is 10.3. The van der Waals surface area contributed by atoms with Crippen LogP contribution in [-0.2, 0) is 0 Å². The molecule has 9 aromatic rings. The first kappa shape index (κ1) is 28.3. The first-order chi connectivity index (χ1) is 24.8. The third-order valence-electron chi connectivity index (χ3n) is 9.67. The van der Waals surface area contributed by atoms with E-state index in [1.54, 1.807) is 0 Å². The van der Waals surface area contributed by atoms with Crippen molar-refractivity contribution in [2.45, 2.75) is 6.17 Å². The maximum atomic E-state index is 6.79. The summed E-state index contributed by atoms with van der Waals surface area (Å²) in [5.74, 6) is 1.41. The second-order valence-corrected chi connectivity index (χ2v) is 12.6. The Morgan fingerprint density at radius 1 is 0.540 bits per heavy atom. The van der Waals surface area contributed by atoms with Gasteiger partial charge < -0.3 is 14.3 Å². The molecule has 7 aromatic carbocycles. The number of nitrogens with zero attached hydrogens (tertiary/aromatic N) is 3. The quantitative estimate of drug-likeness (QED) is 0.203. The molecule has 0 amide bonds. The second-order valence-electron chi connectivity index (χ2n) is 12.6. The van der Waals surface area contributed by atoms with E-state index >= 15 is 0 Å². The Balaban J connectivity index is 1.21. The van der Waals surface area contributed by atoms with Gasteiger partial charge in [-0.1, -0.05) is 140 Å². The zero-order chi connectivity index (χ0) is 33.0. The van der Waals surface area contributed by atoms with E-state index in [4.69, 9.17) is 14.4 Å². The van der Waals surface area contributed by atoms with E-state index in [9.17, 15) is 0 Å². The third-order valence-corrected chi connectivity index (χ3v) is 9.67. The van der Waals surface area contributed by atoms with Crippen molar-refractivity contribution in [3.05, 3.63) is 187 Å². The number of para-hydroxylation sites is 2. The van der Waals surface area contributed by atoms with Crippen LogP contribution in [0.1, 0.15) is 22.9 Å². The van der Waals surface area contributed by atoms with Crippen LogP contribution < -0.4 is 5.32 Å². The molecule has 0 aliphatic carbocycles. The normalized spacial score (nSPS) is 14.6. The van der Waals surface area contributed by atoms with Crippen LogP contribution >= 0.6 is 0 Å². The molecule has 10 rings (SSSR count). The first-order valence-corrected chi connectivity index (χ1v) is 16.9. The third kappa shape index (κ3) is 4.55. The van der Waals surface area contributed by atoms with Crippen molar-refractivity contribution in [1.29, 1.82) is 0 Å². The number of aliphatic imine (C=N–C) groups is 2. The Hall–Kier alpha value is -6.72. The van der Waals surface area contributed by atoms with Crippen LogP contribution in [0.3, 0.4) is 0 Å². The molecule has 1 N–H and O–H groups in total. The average molecular weight is 643 g/mol. The molecule has 2 aromatic heterocycles. The number of benzene rings is 7. The summed E-state index contributed by atoms with van der Waals surface area (Å²) in [5.41, 5.74) is 10.2. The van der Waals surface area contributed by atoms with Gasteiger partial charge in [0.15, 0.2) is 5.84 Å². The molecule has 0 spiro atoms. The van der Waals surface area contributed by atoms with Crippen LogP contribution in [0.5, 0.6) is 0 Å². The highest BCUT2D eigenvalue weighted by Gasteiger charge is 2.25. The van der Waals surface area contributed by atoms with E-state index in [0.717, 1.165) is 61.2 Å². The fraction of sp³-hybridized carbons (Fsp3) is 0.0222. The molecule has 0 fully saturated rings. The number of fused-ring (bicyclic) bond motifs is 6. The summed E-state index contributed by atoms with van der Waals surface area (Å²) in [6.45, 7) is 0. The van der Waals surface area contributed by atoms with Gasteiger partial charge in [-0.25, -0.2) is 9.98 Å². The van der Waals surface area contributed by atoms with Crippen LogP contribution in [0.4, 0.5) is 0 Å². The lowest BCUT2D eigenvalue weighted by molar-refractivity contribution is 0.663. The number of furan rings is 1. The zero-order valence-electron chi connectivity index (χ0n) is 27.0. The van der Waals surface area contributed by atoms with Gasteiger partial charge >= 0.3 is 0 Å². The number of hydrogen-bond donors (Lipinski definition) is 1. The van der Waals surface area contributed by atoms with Gasteiger partial charge in [0, 0.05) is 21.7 Å². The second kappa shape index (κ2) is 11.5. The Morgan fingerprint density at radius 3 is 2.04 bits per heavy atom. The predicted molar refractivity (Wildman–Crippen MR) is 205 cm³/mol. The summed E-state index contributed by atoms with van der Waals surface area (Å²) >= 11 is 0. The standard InChI is InChI=1S/C45H30N4O/c1-4-14-29(15-5-1)32-26-27-34-33-20-10-11-23-37(33)49(39(34)28-32)38-24-13-25-40-41(38)35-21-12-22-36(42(35)50-40)45-47-43(30-16-6-2-7-17-30)46-44(48-45)31-18-8-3-9-19-31/h1-28,43H,(H,46,47,48). The van der Waals surface area contributed by atoms with Crippen molar-refractivity contribution in [1.82, 2.24) is 9.88 Å². The van der Waals surface area contributed by atoms with Gasteiger partial charge in [0.2, 0.25) is 0 Å². The van der Waals surface area contributed by atoms with Crippen molar-refractivity contribution < 1.29 is 4.42 Å². The average Bonchev–Trinajstić information content (AvgIpc) is 3.74. The first-order valence-electron chi connectivity index (χ1n) is 16.9. The summed E-state index contributed by atoms with van der Waals surface area (Å²) in [6, 6.07) is 59.1. The highest BCUT2D eigenvalue weighted by molar-refractivity contribution is 6.21. The van der Waals surface area contributed by atoms with Crippen LogP contribution in [0.2, 0.25) is 0 Å². The largest absolute Gasteiger partial charge is 0.455 e. The molecule has 50 heavy (non-hydrogen) atoms. The van der Waals surface area contributed by atoms with E-state index in [0.29, 0.717) is 5.84 Å². The fourth-order valence-corrected chi connectivity index (χ4v) is 7.35. The summed E-state index contributed by atoms with van der Waals surface area (Å²) in [7, 11) is 0. The minimum absolute atomic E-state index is 0.300. The van der Waals surface area contributed by atoms with E-state index in [2.05, 4.69) is 143 Å². The van der Waals surface area contributed by atoms with Gasteiger partial charge in [0.25, 0.3) is 0 Å². The summed E-state index contributed by atoms with van der Waals surface area (Å²) < 4.78 is 9.18. The van der Waals surface area contributed by atoms with Crippen molar-refractivity contribution in [2.75, 3.05) is 0 Å². The number of rotatable bonds is 5. The number of nitrogens with one attached hydrogen (secondary N) is 1. The molecular formula is C45H30N4O. The molecule has 5 nitrogen and oxygen atoms in total.